The number of benzene rings is 1. The fourth-order valence-corrected chi connectivity index (χ4v) is 5.65. The molecular weight excluding hydrogens is 366 g/mol. The maximum absolute atomic E-state index is 12.6. The predicted molar refractivity (Wildman–Crippen MR) is 105 cm³/mol. The van der Waals surface area contributed by atoms with Gasteiger partial charge in [-0.2, -0.15) is 0 Å². The van der Waals surface area contributed by atoms with Crippen LogP contribution >= 0.6 is 23.1 Å². The van der Waals surface area contributed by atoms with Gasteiger partial charge < -0.3 is 9.40 Å². The summed E-state index contributed by atoms with van der Waals surface area (Å²) in [6.07, 6.45) is 3.18. The van der Waals surface area contributed by atoms with Crippen LogP contribution in [0.1, 0.15) is 29.7 Å². The predicted octanol–water partition coefficient (Wildman–Crippen LogP) is 4.54. The van der Waals surface area contributed by atoms with Crippen LogP contribution in [0.5, 0.6) is 0 Å². The Kier molecular flexibility index (Phi) is 3.86. The Morgan fingerprint density at radius 2 is 2.23 bits per heavy atom. The number of nitrogens with one attached hydrogen (secondary N) is 1. The second-order valence-electron chi connectivity index (χ2n) is 6.77. The van der Waals surface area contributed by atoms with Gasteiger partial charge in [-0.25, -0.2) is 9.97 Å². The van der Waals surface area contributed by atoms with Crippen molar-refractivity contribution in [3.63, 3.8) is 0 Å². The average molecular weight is 383 g/mol. The standard InChI is InChI=1S/C19H17N3O2S2/c1-10-6-7-11-14(8-10)26-18-16(11)17(23)21-19(22-18)25-9-15-20-12-4-2-3-5-13(12)24-15/h2-5,10H,6-9H2,1H3,(H,21,22,23)/t10-/m0/s1. The molecule has 132 valence electrons. The van der Waals surface area contributed by atoms with Crippen LogP contribution in [-0.4, -0.2) is 15.0 Å². The van der Waals surface area contributed by atoms with Crippen molar-refractivity contribution in [2.45, 2.75) is 37.1 Å². The minimum Gasteiger partial charge on any atom is -0.440 e. The van der Waals surface area contributed by atoms with Crippen LogP contribution in [0.3, 0.4) is 0 Å². The molecule has 1 N–H and O–H groups in total. The Labute approximate surface area is 157 Å². The number of nitrogens with zero attached hydrogens (tertiary/aromatic N) is 2. The summed E-state index contributed by atoms with van der Waals surface area (Å²) in [5, 5.41) is 1.42. The van der Waals surface area contributed by atoms with Crippen LogP contribution in [0, 0.1) is 5.92 Å². The lowest BCUT2D eigenvalue weighted by Crippen LogP contribution is -2.13. The van der Waals surface area contributed by atoms with Gasteiger partial charge in [0.25, 0.3) is 5.56 Å². The van der Waals surface area contributed by atoms with Crippen LogP contribution in [0.15, 0.2) is 38.6 Å². The first kappa shape index (κ1) is 16.1. The molecule has 1 aliphatic rings. The van der Waals surface area contributed by atoms with E-state index >= 15 is 0 Å². The van der Waals surface area contributed by atoms with Crippen molar-refractivity contribution >= 4 is 44.4 Å². The molecule has 1 aliphatic carbocycles. The molecule has 0 saturated carbocycles. The van der Waals surface area contributed by atoms with Crippen molar-refractivity contribution in [1.82, 2.24) is 15.0 Å². The zero-order valence-electron chi connectivity index (χ0n) is 14.2. The van der Waals surface area contributed by atoms with E-state index in [0.717, 1.165) is 40.6 Å². The van der Waals surface area contributed by atoms with Gasteiger partial charge in [-0.05, 0) is 42.9 Å². The van der Waals surface area contributed by atoms with E-state index in [1.165, 1.54) is 22.2 Å². The van der Waals surface area contributed by atoms with Crippen LogP contribution in [0.25, 0.3) is 21.3 Å². The minimum absolute atomic E-state index is 0.0258. The first-order valence-electron chi connectivity index (χ1n) is 8.69. The summed E-state index contributed by atoms with van der Waals surface area (Å²) in [5.74, 6) is 1.85. The quantitative estimate of drug-likeness (QED) is 0.415. The first-order chi connectivity index (χ1) is 12.7. The molecule has 3 heterocycles. The molecule has 0 aliphatic heterocycles. The lowest BCUT2D eigenvalue weighted by atomic mass is 9.89. The first-order valence-corrected chi connectivity index (χ1v) is 10.5. The lowest BCUT2D eigenvalue weighted by Gasteiger charge is -2.17. The van der Waals surface area contributed by atoms with Gasteiger partial charge in [-0.3, -0.25) is 4.79 Å². The highest BCUT2D eigenvalue weighted by atomic mass is 32.2. The number of para-hydroxylation sites is 2. The van der Waals surface area contributed by atoms with Gasteiger partial charge in [0, 0.05) is 4.88 Å². The number of thiophene rings is 1. The molecule has 4 aromatic rings. The fraction of sp³-hybridized carbons (Fsp3) is 0.316. The summed E-state index contributed by atoms with van der Waals surface area (Å²) in [6, 6.07) is 7.70. The highest BCUT2D eigenvalue weighted by Crippen LogP contribution is 2.36. The Balaban J connectivity index is 1.45. The van der Waals surface area contributed by atoms with Gasteiger partial charge >= 0.3 is 0 Å². The molecule has 0 spiro atoms. The number of hydrogen-bond donors (Lipinski definition) is 1. The van der Waals surface area contributed by atoms with Crippen molar-refractivity contribution in [2.75, 3.05) is 0 Å². The van der Waals surface area contributed by atoms with Crippen molar-refractivity contribution in [1.29, 1.82) is 0 Å². The van der Waals surface area contributed by atoms with Crippen molar-refractivity contribution in [3.8, 4) is 0 Å². The van der Waals surface area contributed by atoms with Crippen LogP contribution in [-0.2, 0) is 18.6 Å². The number of hydrogen-bond acceptors (Lipinski definition) is 6. The van der Waals surface area contributed by atoms with Gasteiger partial charge in [0.2, 0.25) is 5.89 Å². The van der Waals surface area contributed by atoms with E-state index in [2.05, 4.69) is 16.9 Å². The molecule has 5 nitrogen and oxygen atoms in total. The van der Waals surface area contributed by atoms with Crippen LogP contribution < -0.4 is 5.56 Å². The number of aromatic amines is 1. The van der Waals surface area contributed by atoms with Gasteiger partial charge in [-0.15, -0.1) is 11.3 Å². The molecule has 0 unspecified atom stereocenters. The fourth-order valence-electron chi connectivity index (χ4n) is 3.51. The molecule has 0 saturated heterocycles. The van der Waals surface area contributed by atoms with Gasteiger partial charge in [0.05, 0.1) is 11.1 Å². The minimum atomic E-state index is -0.0258. The van der Waals surface area contributed by atoms with Crippen LogP contribution in [0.2, 0.25) is 0 Å². The third-order valence-electron chi connectivity index (χ3n) is 4.81. The van der Waals surface area contributed by atoms with E-state index in [9.17, 15) is 4.79 Å². The zero-order chi connectivity index (χ0) is 17.7. The number of oxazole rings is 1. The molecule has 0 fully saturated rings. The molecule has 7 heteroatoms. The Hall–Kier alpha value is -2.12. The number of fused-ring (bicyclic) bond motifs is 4. The molecular formula is C19H17N3O2S2. The number of H-pyrrole nitrogens is 1. The zero-order valence-corrected chi connectivity index (χ0v) is 15.9. The summed E-state index contributed by atoms with van der Waals surface area (Å²) in [4.78, 5) is 26.9. The lowest BCUT2D eigenvalue weighted by molar-refractivity contribution is 0.509. The number of aromatic nitrogens is 3. The van der Waals surface area contributed by atoms with E-state index in [-0.39, 0.29) is 5.56 Å². The van der Waals surface area contributed by atoms with Gasteiger partial charge in [-0.1, -0.05) is 30.8 Å². The number of thioether (sulfide) groups is 1. The number of aryl methyl sites for hydroxylation is 1. The monoisotopic (exact) mass is 383 g/mol. The molecule has 1 aromatic carbocycles. The maximum atomic E-state index is 12.6. The van der Waals surface area contributed by atoms with E-state index in [0.29, 0.717) is 22.7 Å². The molecule has 0 bridgehead atoms. The Bertz CT molecular complexity index is 1140. The second kappa shape index (κ2) is 6.25. The average Bonchev–Trinajstić information content (AvgIpc) is 3.19. The second-order valence-corrected chi connectivity index (χ2v) is 8.81. The van der Waals surface area contributed by atoms with Gasteiger partial charge in [0.15, 0.2) is 10.7 Å². The smallest absolute Gasteiger partial charge is 0.260 e. The Morgan fingerprint density at radius 3 is 3.12 bits per heavy atom. The Morgan fingerprint density at radius 1 is 1.35 bits per heavy atom. The summed E-state index contributed by atoms with van der Waals surface area (Å²) in [6.45, 7) is 2.27. The number of rotatable bonds is 3. The summed E-state index contributed by atoms with van der Waals surface area (Å²) in [5.41, 5.74) is 2.81. The highest BCUT2D eigenvalue weighted by Gasteiger charge is 2.23. The summed E-state index contributed by atoms with van der Waals surface area (Å²) in [7, 11) is 0. The van der Waals surface area contributed by atoms with E-state index in [1.807, 2.05) is 24.3 Å². The topological polar surface area (TPSA) is 71.8 Å². The van der Waals surface area contributed by atoms with E-state index < -0.39 is 0 Å². The largest absolute Gasteiger partial charge is 0.440 e. The summed E-state index contributed by atoms with van der Waals surface area (Å²) >= 11 is 3.12. The third kappa shape index (κ3) is 2.75. The van der Waals surface area contributed by atoms with Crippen LogP contribution in [0.4, 0.5) is 0 Å². The molecule has 3 aromatic heterocycles. The molecule has 26 heavy (non-hydrogen) atoms. The van der Waals surface area contributed by atoms with Crippen molar-refractivity contribution < 1.29 is 4.42 Å². The van der Waals surface area contributed by atoms with E-state index in [4.69, 9.17) is 9.40 Å². The van der Waals surface area contributed by atoms with Crippen molar-refractivity contribution in [2.24, 2.45) is 5.92 Å². The molecule has 1 atom stereocenters. The third-order valence-corrected chi connectivity index (χ3v) is 6.82. The normalized spacial score (nSPS) is 17.0. The maximum Gasteiger partial charge on any atom is 0.260 e. The molecule has 0 radical (unpaired) electrons. The SMILES string of the molecule is C[C@H]1CCc2c(sc3nc(SCc4nc5ccccc5o4)[nH]c(=O)c23)C1. The van der Waals surface area contributed by atoms with Crippen molar-refractivity contribution in [3.05, 3.63) is 51.0 Å². The van der Waals surface area contributed by atoms with E-state index in [1.54, 1.807) is 11.3 Å². The summed E-state index contributed by atoms with van der Waals surface area (Å²) < 4.78 is 5.74. The molecule has 0 amide bonds. The van der Waals surface area contributed by atoms with Gasteiger partial charge in [0.1, 0.15) is 10.3 Å². The highest BCUT2D eigenvalue weighted by molar-refractivity contribution is 7.98. The molecule has 5 rings (SSSR count).